The van der Waals surface area contributed by atoms with E-state index in [9.17, 15) is 9.59 Å². The van der Waals surface area contributed by atoms with Crippen LogP contribution in [0.25, 0.3) is 6.08 Å². The molecule has 29 heavy (non-hydrogen) atoms. The van der Waals surface area contributed by atoms with Crippen molar-refractivity contribution in [1.82, 2.24) is 9.80 Å². The van der Waals surface area contributed by atoms with Crippen molar-refractivity contribution in [3.63, 3.8) is 0 Å². The van der Waals surface area contributed by atoms with Gasteiger partial charge in [0.2, 0.25) is 0 Å². The summed E-state index contributed by atoms with van der Waals surface area (Å²) in [5, 5.41) is 0. The number of methoxy groups -OCH3 is 1. The van der Waals surface area contributed by atoms with Gasteiger partial charge in [0.05, 0.1) is 25.2 Å². The molecule has 2 fully saturated rings. The summed E-state index contributed by atoms with van der Waals surface area (Å²) >= 11 is 6.50. The molecular formula is C20H22N2O5S2. The first-order valence-electron chi connectivity index (χ1n) is 9.06. The van der Waals surface area contributed by atoms with Gasteiger partial charge in [0.15, 0.2) is 18.1 Å². The molecule has 0 spiro atoms. The van der Waals surface area contributed by atoms with Crippen molar-refractivity contribution in [2.24, 2.45) is 0 Å². The molecule has 2 aliphatic heterocycles. The maximum absolute atomic E-state index is 12.5. The van der Waals surface area contributed by atoms with E-state index in [1.165, 1.54) is 23.8 Å². The average Bonchev–Trinajstić information content (AvgIpc) is 3.00. The highest BCUT2D eigenvalue weighted by molar-refractivity contribution is 8.26. The predicted molar refractivity (Wildman–Crippen MR) is 116 cm³/mol. The van der Waals surface area contributed by atoms with Crippen LogP contribution in [0.4, 0.5) is 0 Å². The number of benzene rings is 1. The fraction of sp³-hybridized carbons (Fsp3) is 0.350. The minimum absolute atomic E-state index is 0.0735. The van der Waals surface area contributed by atoms with Crippen LogP contribution in [0.5, 0.6) is 11.5 Å². The van der Waals surface area contributed by atoms with Gasteiger partial charge in [-0.05, 0) is 23.8 Å². The Morgan fingerprint density at radius 3 is 2.79 bits per heavy atom. The monoisotopic (exact) mass is 434 g/mol. The minimum Gasteiger partial charge on any atom is -0.493 e. The molecule has 2 aliphatic rings. The van der Waals surface area contributed by atoms with E-state index < -0.39 is 0 Å². The van der Waals surface area contributed by atoms with Crippen molar-refractivity contribution in [1.29, 1.82) is 0 Å². The Labute approximate surface area is 179 Å². The molecule has 2 heterocycles. The lowest BCUT2D eigenvalue weighted by Crippen LogP contribution is -2.43. The van der Waals surface area contributed by atoms with Crippen LogP contribution in [-0.2, 0) is 14.3 Å². The number of amides is 2. The summed E-state index contributed by atoms with van der Waals surface area (Å²) in [5.74, 6) is 0.709. The Hall–Kier alpha value is -2.36. The van der Waals surface area contributed by atoms with Crippen LogP contribution in [-0.4, -0.2) is 72.5 Å². The van der Waals surface area contributed by atoms with Gasteiger partial charge in [0, 0.05) is 19.6 Å². The highest BCUT2D eigenvalue weighted by Crippen LogP contribution is 2.34. The topological polar surface area (TPSA) is 68.3 Å². The standard InChI is InChI=1S/C20H22N2O5S2/c1-3-6-22-19(24)17(29-20(22)28)12-14-4-5-15(16(11-14)25-2)27-13-18(23)21-7-9-26-10-8-21/h3-5,11-12H,1,6-10,13H2,2H3/b17-12+. The van der Waals surface area contributed by atoms with E-state index in [0.29, 0.717) is 53.6 Å². The number of carbonyl (C=O) groups is 2. The second-order valence-electron chi connectivity index (χ2n) is 6.27. The predicted octanol–water partition coefficient (Wildman–Crippen LogP) is 2.32. The van der Waals surface area contributed by atoms with E-state index in [1.807, 2.05) is 0 Å². The summed E-state index contributed by atoms with van der Waals surface area (Å²) in [6.45, 7) is 6.19. The van der Waals surface area contributed by atoms with Crippen molar-refractivity contribution in [3.05, 3.63) is 41.3 Å². The van der Waals surface area contributed by atoms with Crippen LogP contribution in [0, 0.1) is 0 Å². The Morgan fingerprint density at radius 2 is 2.10 bits per heavy atom. The molecular weight excluding hydrogens is 412 g/mol. The Bertz CT molecular complexity index is 849. The normalized spacial score (nSPS) is 18.3. The maximum atomic E-state index is 12.5. The van der Waals surface area contributed by atoms with Gasteiger partial charge in [0.25, 0.3) is 11.8 Å². The zero-order valence-electron chi connectivity index (χ0n) is 16.1. The van der Waals surface area contributed by atoms with Crippen LogP contribution in [0.3, 0.4) is 0 Å². The number of thioether (sulfide) groups is 1. The van der Waals surface area contributed by atoms with Crippen molar-refractivity contribution in [3.8, 4) is 11.5 Å². The number of hydrogen-bond acceptors (Lipinski definition) is 7. The summed E-state index contributed by atoms with van der Waals surface area (Å²) in [5.41, 5.74) is 0.771. The fourth-order valence-electron chi connectivity index (χ4n) is 2.87. The van der Waals surface area contributed by atoms with Crippen molar-refractivity contribution in [2.75, 3.05) is 46.6 Å². The van der Waals surface area contributed by atoms with E-state index in [2.05, 4.69) is 6.58 Å². The van der Waals surface area contributed by atoms with E-state index in [1.54, 1.807) is 35.3 Å². The quantitative estimate of drug-likeness (QED) is 0.371. The molecule has 154 valence electrons. The van der Waals surface area contributed by atoms with Gasteiger partial charge < -0.3 is 19.1 Å². The lowest BCUT2D eigenvalue weighted by atomic mass is 10.2. The largest absolute Gasteiger partial charge is 0.493 e. The molecule has 0 aromatic heterocycles. The molecule has 0 N–H and O–H groups in total. The third kappa shape index (κ3) is 5.17. The van der Waals surface area contributed by atoms with Gasteiger partial charge in [-0.2, -0.15) is 0 Å². The van der Waals surface area contributed by atoms with Crippen molar-refractivity contribution < 1.29 is 23.8 Å². The third-order valence-electron chi connectivity index (χ3n) is 4.39. The number of ether oxygens (including phenoxy) is 3. The van der Waals surface area contributed by atoms with E-state index in [0.717, 1.165) is 5.56 Å². The maximum Gasteiger partial charge on any atom is 0.266 e. The molecule has 3 rings (SSSR count). The molecule has 0 saturated carbocycles. The number of thiocarbonyl (C=S) groups is 1. The zero-order chi connectivity index (χ0) is 20.8. The van der Waals surface area contributed by atoms with Crippen LogP contribution in [0.1, 0.15) is 5.56 Å². The SMILES string of the molecule is C=CCN1C(=O)/C(=C\c2ccc(OCC(=O)N3CCOCC3)c(OC)c2)SC1=S. The highest BCUT2D eigenvalue weighted by atomic mass is 32.2. The van der Waals surface area contributed by atoms with Crippen LogP contribution in [0.15, 0.2) is 35.8 Å². The molecule has 9 heteroatoms. The Morgan fingerprint density at radius 1 is 1.34 bits per heavy atom. The molecule has 0 bridgehead atoms. The molecule has 0 radical (unpaired) electrons. The number of rotatable bonds is 7. The van der Waals surface area contributed by atoms with Gasteiger partial charge in [0.1, 0.15) is 4.32 Å². The summed E-state index contributed by atoms with van der Waals surface area (Å²) in [6.07, 6.45) is 3.40. The molecule has 1 aromatic rings. The van der Waals surface area contributed by atoms with Gasteiger partial charge in [-0.15, -0.1) is 6.58 Å². The van der Waals surface area contributed by atoms with E-state index >= 15 is 0 Å². The van der Waals surface area contributed by atoms with Crippen LogP contribution < -0.4 is 9.47 Å². The Kier molecular flexibility index (Phi) is 7.29. The summed E-state index contributed by atoms with van der Waals surface area (Å²) in [6, 6.07) is 5.29. The first-order valence-corrected chi connectivity index (χ1v) is 10.3. The van der Waals surface area contributed by atoms with Gasteiger partial charge in [-0.25, -0.2) is 0 Å². The highest BCUT2D eigenvalue weighted by Gasteiger charge is 2.31. The molecule has 7 nitrogen and oxygen atoms in total. The van der Waals surface area contributed by atoms with E-state index in [-0.39, 0.29) is 18.4 Å². The van der Waals surface area contributed by atoms with Gasteiger partial charge in [-0.3, -0.25) is 14.5 Å². The minimum atomic E-state index is -0.143. The second-order valence-corrected chi connectivity index (χ2v) is 7.95. The average molecular weight is 435 g/mol. The number of nitrogens with zero attached hydrogens (tertiary/aromatic N) is 2. The molecule has 2 amide bonds. The molecule has 0 unspecified atom stereocenters. The lowest BCUT2D eigenvalue weighted by Gasteiger charge is -2.26. The van der Waals surface area contributed by atoms with Crippen molar-refractivity contribution in [2.45, 2.75) is 0 Å². The summed E-state index contributed by atoms with van der Waals surface area (Å²) < 4.78 is 16.8. The number of carbonyl (C=O) groups excluding carboxylic acids is 2. The fourth-order valence-corrected chi connectivity index (χ4v) is 4.15. The van der Waals surface area contributed by atoms with Crippen molar-refractivity contribution >= 4 is 46.2 Å². The molecule has 0 atom stereocenters. The number of hydrogen-bond donors (Lipinski definition) is 0. The second kappa shape index (κ2) is 9.91. The van der Waals surface area contributed by atoms with Gasteiger partial charge >= 0.3 is 0 Å². The van der Waals surface area contributed by atoms with Crippen LogP contribution >= 0.6 is 24.0 Å². The zero-order valence-corrected chi connectivity index (χ0v) is 17.7. The third-order valence-corrected chi connectivity index (χ3v) is 5.76. The lowest BCUT2D eigenvalue weighted by molar-refractivity contribution is -0.137. The summed E-state index contributed by atoms with van der Waals surface area (Å²) in [4.78, 5) is 28.5. The molecule has 1 aromatic carbocycles. The number of morpholine rings is 1. The first kappa shape index (κ1) is 21.4. The molecule has 0 aliphatic carbocycles. The molecule has 2 saturated heterocycles. The van der Waals surface area contributed by atoms with Crippen LogP contribution in [0.2, 0.25) is 0 Å². The summed E-state index contributed by atoms with van der Waals surface area (Å²) in [7, 11) is 1.53. The van der Waals surface area contributed by atoms with Gasteiger partial charge in [-0.1, -0.05) is 36.1 Å². The smallest absolute Gasteiger partial charge is 0.266 e. The van der Waals surface area contributed by atoms with E-state index in [4.69, 9.17) is 26.4 Å². The Balaban J connectivity index is 1.68. The first-order chi connectivity index (χ1) is 14.0.